The van der Waals surface area contributed by atoms with Crippen LogP contribution in [0, 0.1) is 0 Å². The molecule has 0 aromatic heterocycles. The largest absolute Gasteiger partial charge is 0.481 e. The number of carboxylic acids is 1. The Morgan fingerprint density at radius 1 is 1.24 bits per heavy atom. The maximum absolute atomic E-state index is 11.7. The lowest BCUT2D eigenvalue weighted by atomic mass is 10.1. The zero-order chi connectivity index (χ0) is 12.3. The molecule has 2 rings (SSSR count). The minimum absolute atomic E-state index is 0.0450. The molecule has 1 aliphatic carbocycles. The summed E-state index contributed by atoms with van der Waals surface area (Å²) < 4.78 is 0. The van der Waals surface area contributed by atoms with Gasteiger partial charge in [0.05, 0.1) is 6.42 Å². The molecule has 0 spiro atoms. The van der Waals surface area contributed by atoms with E-state index in [-0.39, 0.29) is 18.9 Å². The predicted octanol–water partition coefficient (Wildman–Crippen LogP) is 1.38. The molecule has 4 heteroatoms. The standard InChI is InChI=1S/C13H15NO3/c15-12(16)6-7-14-13(17)11-5-4-9-2-1-3-10(9)8-11/h4-5,8H,1-3,6-7H2,(H,14,17)(H,15,16). The van der Waals surface area contributed by atoms with Crippen molar-refractivity contribution < 1.29 is 14.7 Å². The summed E-state index contributed by atoms with van der Waals surface area (Å²) in [5, 5.41) is 11.1. The number of hydrogen-bond acceptors (Lipinski definition) is 2. The van der Waals surface area contributed by atoms with Gasteiger partial charge in [0.1, 0.15) is 0 Å². The molecule has 1 aromatic rings. The Hall–Kier alpha value is -1.84. The van der Waals surface area contributed by atoms with E-state index in [1.807, 2.05) is 12.1 Å². The van der Waals surface area contributed by atoms with Crippen molar-refractivity contribution in [3.63, 3.8) is 0 Å². The van der Waals surface area contributed by atoms with Gasteiger partial charge in [-0.3, -0.25) is 9.59 Å². The summed E-state index contributed by atoms with van der Waals surface area (Å²) in [6.07, 6.45) is 3.23. The number of aryl methyl sites for hydroxylation is 2. The van der Waals surface area contributed by atoms with Crippen molar-refractivity contribution in [1.29, 1.82) is 0 Å². The Bertz CT molecular complexity index is 454. The highest BCUT2D eigenvalue weighted by Crippen LogP contribution is 2.22. The molecule has 0 unspecified atom stereocenters. The number of amides is 1. The van der Waals surface area contributed by atoms with E-state index < -0.39 is 5.97 Å². The van der Waals surface area contributed by atoms with Gasteiger partial charge in [-0.15, -0.1) is 0 Å². The average Bonchev–Trinajstić information content (AvgIpc) is 2.75. The van der Waals surface area contributed by atoms with Gasteiger partial charge in [0.2, 0.25) is 0 Å². The Labute approximate surface area is 99.6 Å². The molecule has 90 valence electrons. The smallest absolute Gasteiger partial charge is 0.305 e. The van der Waals surface area contributed by atoms with Gasteiger partial charge in [-0.2, -0.15) is 0 Å². The summed E-state index contributed by atoms with van der Waals surface area (Å²) in [4.78, 5) is 22.0. The molecule has 0 radical (unpaired) electrons. The van der Waals surface area contributed by atoms with E-state index >= 15 is 0 Å². The minimum atomic E-state index is -0.903. The summed E-state index contributed by atoms with van der Waals surface area (Å²) in [5.41, 5.74) is 3.19. The van der Waals surface area contributed by atoms with Crippen LogP contribution in [0.3, 0.4) is 0 Å². The van der Waals surface area contributed by atoms with E-state index in [0.717, 1.165) is 19.3 Å². The van der Waals surface area contributed by atoms with Gasteiger partial charge in [-0.1, -0.05) is 6.07 Å². The highest BCUT2D eigenvalue weighted by molar-refractivity contribution is 5.94. The third-order valence-corrected chi connectivity index (χ3v) is 2.99. The number of fused-ring (bicyclic) bond motifs is 1. The number of aliphatic carboxylic acids is 1. The van der Waals surface area contributed by atoms with E-state index in [9.17, 15) is 9.59 Å². The summed E-state index contributed by atoms with van der Waals surface area (Å²) in [6.45, 7) is 0.172. The van der Waals surface area contributed by atoms with E-state index in [4.69, 9.17) is 5.11 Å². The van der Waals surface area contributed by atoms with Crippen LogP contribution in [0.2, 0.25) is 0 Å². The summed E-state index contributed by atoms with van der Waals surface area (Å²) >= 11 is 0. The van der Waals surface area contributed by atoms with Crippen molar-refractivity contribution in [2.75, 3.05) is 6.54 Å². The monoisotopic (exact) mass is 233 g/mol. The van der Waals surface area contributed by atoms with Crippen LogP contribution in [0.1, 0.15) is 34.3 Å². The van der Waals surface area contributed by atoms with Crippen molar-refractivity contribution in [3.8, 4) is 0 Å². The minimum Gasteiger partial charge on any atom is -0.481 e. The average molecular weight is 233 g/mol. The molecule has 0 bridgehead atoms. The van der Waals surface area contributed by atoms with Crippen molar-refractivity contribution in [2.24, 2.45) is 0 Å². The summed E-state index contributed by atoms with van der Waals surface area (Å²) in [5.74, 6) is -1.10. The molecular formula is C13H15NO3. The first-order chi connectivity index (χ1) is 8.16. The number of benzene rings is 1. The quantitative estimate of drug-likeness (QED) is 0.825. The lowest BCUT2D eigenvalue weighted by Gasteiger charge is -2.05. The van der Waals surface area contributed by atoms with Crippen molar-refractivity contribution in [1.82, 2.24) is 5.32 Å². The number of carbonyl (C=O) groups excluding carboxylic acids is 1. The van der Waals surface area contributed by atoms with Crippen molar-refractivity contribution >= 4 is 11.9 Å². The SMILES string of the molecule is O=C(O)CCNC(=O)c1ccc2c(c1)CCC2. The second-order valence-electron chi connectivity index (χ2n) is 4.24. The highest BCUT2D eigenvalue weighted by atomic mass is 16.4. The van der Waals surface area contributed by atoms with Crippen LogP contribution in [-0.4, -0.2) is 23.5 Å². The fourth-order valence-corrected chi connectivity index (χ4v) is 2.10. The molecule has 1 amide bonds. The maximum atomic E-state index is 11.7. The number of carboxylic acid groups (broad SMARTS) is 1. The number of rotatable bonds is 4. The molecule has 1 aromatic carbocycles. The first kappa shape index (κ1) is 11.6. The first-order valence-electron chi connectivity index (χ1n) is 5.78. The third kappa shape index (κ3) is 2.84. The molecule has 0 saturated heterocycles. The van der Waals surface area contributed by atoms with E-state index in [0.29, 0.717) is 5.56 Å². The predicted molar refractivity (Wildman–Crippen MR) is 63.1 cm³/mol. The Kier molecular flexibility index (Phi) is 3.42. The van der Waals surface area contributed by atoms with Crippen LogP contribution in [0.5, 0.6) is 0 Å². The molecule has 0 heterocycles. The summed E-state index contributed by atoms with van der Waals surface area (Å²) in [6, 6.07) is 5.72. The van der Waals surface area contributed by atoms with Gasteiger partial charge >= 0.3 is 5.97 Å². The Balaban J connectivity index is 1.97. The zero-order valence-electron chi connectivity index (χ0n) is 9.53. The Morgan fingerprint density at radius 2 is 2.00 bits per heavy atom. The van der Waals surface area contributed by atoms with Crippen LogP contribution in [0.4, 0.5) is 0 Å². The molecule has 4 nitrogen and oxygen atoms in total. The topological polar surface area (TPSA) is 66.4 Å². The normalized spacial score (nSPS) is 13.2. The van der Waals surface area contributed by atoms with E-state index in [1.54, 1.807) is 6.07 Å². The van der Waals surface area contributed by atoms with Gasteiger partial charge in [0.25, 0.3) is 5.91 Å². The van der Waals surface area contributed by atoms with Gasteiger partial charge < -0.3 is 10.4 Å². The van der Waals surface area contributed by atoms with Crippen molar-refractivity contribution in [2.45, 2.75) is 25.7 Å². The number of hydrogen-bond donors (Lipinski definition) is 2. The maximum Gasteiger partial charge on any atom is 0.305 e. The second-order valence-corrected chi connectivity index (χ2v) is 4.24. The lowest BCUT2D eigenvalue weighted by Crippen LogP contribution is -2.26. The van der Waals surface area contributed by atoms with E-state index in [1.165, 1.54) is 11.1 Å². The van der Waals surface area contributed by atoms with Gasteiger partial charge in [-0.05, 0) is 42.5 Å². The highest BCUT2D eigenvalue weighted by Gasteiger charge is 2.13. The number of carbonyl (C=O) groups is 2. The molecule has 0 atom stereocenters. The molecule has 17 heavy (non-hydrogen) atoms. The molecule has 0 aliphatic heterocycles. The number of nitrogens with one attached hydrogen (secondary N) is 1. The third-order valence-electron chi connectivity index (χ3n) is 2.99. The van der Waals surface area contributed by atoms with E-state index in [2.05, 4.69) is 5.32 Å². The lowest BCUT2D eigenvalue weighted by molar-refractivity contribution is -0.136. The van der Waals surface area contributed by atoms with Gasteiger partial charge in [-0.25, -0.2) is 0 Å². The first-order valence-corrected chi connectivity index (χ1v) is 5.78. The second kappa shape index (κ2) is 4.99. The van der Waals surface area contributed by atoms with Crippen LogP contribution in [0.25, 0.3) is 0 Å². The molecule has 0 fully saturated rings. The molecule has 0 saturated carbocycles. The van der Waals surface area contributed by atoms with Gasteiger partial charge in [0.15, 0.2) is 0 Å². The molecule has 1 aliphatic rings. The molecule has 2 N–H and O–H groups in total. The zero-order valence-corrected chi connectivity index (χ0v) is 9.53. The van der Waals surface area contributed by atoms with Crippen LogP contribution in [0.15, 0.2) is 18.2 Å². The summed E-state index contributed by atoms with van der Waals surface area (Å²) in [7, 11) is 0. The van der Waals surface area contributed by atoms with Crippen LogP contribution < -0.4 is 5.32 Å². The van der Waals surface area contributed by atoms with Crippen molar-refractivity contribution in [3.05, 3.63) is 34.9 Å². The Morgan fingerprint density at radius 3 is 2.76 bits per heavy atom. The van der Waals surface area contributed by atoms with Crippen LogP contribution in [-0.2, 0) is 17.6 Å². The fraction of sp³-hybridized carbons (Fsp3) is 0.385. The molecular weight excluding hydrogens is 218 g/mol. The fourth-order valence-electron chi connectivity index (χ4n) is 2.10. The van der Waals surface area contributed by atoms with Gasteiger partial charge in [0, 0.05) is 12.1 Å². The van der Waals surface area contributed by atoms with Crippen LogP contribution >= 0.6 is 0 Å².